The summed E-state index contributed by atoms with van der Waals surface area (Å²) in [6, 6.07) is 14.0. The first-order valence-corrected chi connectivity index (χ1v) is 8.02. The highest BCUT2D eigenvalue weighted by Gasteiger charge is 2.53. The number of hydrogen-bond donors (Lipinski definition) is 0. The zero-order chi connectivity index (χ0) is 14.3. The lowest BCUT2D eigenvalue weighted by Gasteiger charge is -2.23. The van der Waals surface area contributed by atoms with Crippen molar-refractivity contribution < 1.29 is 9.59 Å². The van der Waals surface area contributed by atoms with E-state index in [0.717, 1.165) is 0 Å². The van der Waals surface area contributed by atoms with Crippen LogP contribution < -0.4 is 0 Å². The molecular weight excluding hydrogens is 387 g/mol. The van der Waals surface area contributed by atoms with Gasteiger partial charge in [-0.05, 0) is 17.7 Å². The van der Waals surface area contributed by atoms with Crippen molar-refractivity contribution in [2.45, 2.75) is 5.41 Å². The molecule has 0 saturated heterocycles. The predicted molar refractivity (Wildman–Crippen MR) is 87.1 cm³/mol. The first kappa shape index (κ1) is 13.8. The van der Waals surface area contributed by atoms with E-state index in [0.29, 0.717) is 26.1 Å². The third-order valence-electron chi connectivity index (χ3n) is 3.73. The van der Waals surface area contributed by atoms with Crippen LogP contribution in [0, 0.1) is 0 Å². The fraction of sp³-hybridized carbons (Fsp3) is 0.125. The monoisotopic (exact) mass is 396 g/mol. The van der Waals surface area contributed by atoms with Gasteiger partial charge in [-0.15, -0.1) is 0 Å². The van der Waals surface area contributed by atoms with Crippen molar-refractivity contribution in [2.75, 3.05) is 4.43 Å². The van der Waals surface area contributed by atoms with Gasteiger partial charge in [-0.3, -0.25) is 9.59 Å². The van der Waals surface area contributed by atoms with Gasteiger partial charge in [-0.2, -0.15) is 0 Å². The first-order valence-electron chi connectivity index (χ1n) is 6.12. The van der Waals surface area contributed by atoms with E-state index in [1.165, 1.54) is 0 Å². The van der Waals surface area contributed by atoms with E-state index in [1.54, 1.807) is 48.5 Å². The van der Waals surface area contributed by atoms with Gasteiger partial charge >= 0.3 is 0 Å². The van der Waals surface area contributed by atoms with E-state index in [4.69, 9.17) is 11.6 Å². The highest BCUT2D eigenvalue weighted by molar-refractivity contribution is 14.1. The second-order valence-corrected chi connectivity index (χ2v) is 5.95. The molecule has 2 aromatic rings. The quantitative estimate of drug-likeness (QED) is 0.435. The van der Waals surface area contributed by atoms with Gasteiger partial charge in [0.1, 0.15) is 5.41 Å². The Balaban J connectivity index is 2.23. The molecule has 0 saturated carbocycles. The molecule has 2 nitrogen and oxygen atoms in total. The van der Waals surface area contributed by atoms with E-state index in [1.807, 2.05) is 0 Å². The van der Waals surface area contributed by atoms with Crippen LogP contribution in [0.5, 0.6) is 0 Å². The molecule has 2 aromatic carbocycles. The number of ketones is 2. The molecule has 0 fully saturated rings. The second kappa shape index (κ2) is 4.97. The van der Waals surface area contributed by atoms with E-state index >= 15 is 0 Å². The van der Waals surface area contributed by atoms with E-state index in [-0.39, 0.29) is 11.6 Å². The normalized spacial score (nSPS) is 16.3. The van der Waals surface area contributed by atoms with Crippen LogP contribution in [0.2, 0.25) is 5.02 Å². The third-order valence-corrected chi connectivity index (χ3v) is 5.13. The molecule has 0 amide bonds. The van der Waals surface area contributed by atoms with E-state index in [9.17, 15) is 9.59 Å². The van der Waals surface area contributed by atoms with Crippen LogP contribution in [-0.2, 0) is 5.41 Å². The van der Waals surface area contributed by atoms with Gasteiger partial charge in [-0.1, -0.05) is 70.6 Å². The fourth-order valence-corrected chi connectivity index (χ4v) is 3.90. The minimum absolute atomic E-state index is 0.116. The van der Waals surface area contributed by atoms with Gasteiger partial charge in [0.2, 0.25) is 0 Å². The molecule has 0 aliphatic heterocycles. The SMILES string of the molecule is O=C1c2ccccc2C(=O)C1(CI)c1ccc(Cl)cc1. The van der Waals surface area contributed by atoms with Gasteiger partial charge in [0.25, 0.3) is 0 Å². The summed E-state index contributed by atoms with van der Waals surface area (Å²) in [5.74, 6) is -0.232. The Kier molecular flexibility index (Phi) is 3.42. The Hall–Kier alpha value is -1.20. The number of fused-ring (bicyclic) bond motifs is 1. The summed E-state index contributed by atoms with van der Waals surface area (Å²) in [4.78, 5) is 25.6. The minimum atomic E-state index is -1.10. The highest BCUT2D eigenvalue weighted by Crippen LogP contribution is 2.41. The number of carbonyl (C=O) groups excluding carboxylic acids is 2. The molecule has 3 rings (SSSR count). The molecule has 0 N–H and O–H groups in total. The fourth-order valence-electron chi connectivity index (χ4n) is 2.64. The van der Waals surface area contributed by atoms with E-state index in [2.05, 4.69) is 22.6 Å². The molecule has 0 atom stereocenters. The summed E-state index contributed by atoms with van der Waals surface area (Å²) in [6.45, 7) is 0. The van der Waals surface area contributed by atoms with Crippen LogP contribution in [0.25, 0.3) is 0 Å². The Morgan fingerprint density at radius 2 is 1.40 bits per heavy atom. The largest absolute Gasteiger partial charge is 0.293 e. The number of rotatable bonds is 2. The Morgan fingerprint density at radius 1 is 0.900 bits per heavy atom. The van der Waals surface area contributed by atoms with Crippen molar-refractivity contribution in [3.63, 3.8) is 0 Å². The molecule has 0 aromatic heterocycles. The first-order chi connectivity index (χ1) is 9.61. The van der Waals surface area contributed by atoms with Crippen LogP contribution in [0.4, 0.5) is 0 Å². The maximum atomic E-state index is 12.8. The van der Waals surface area contributed by atoms with Crippen molar-refractivity contribution in [1.82, 2.24) is 0 Å². The van der Waals surface area contributed by atoms with Crippen LogP contribution in [-0.4, -0.2) is 16.0 Å². The molecule has 100 valence electrons. The van der Waals surface area contributed by atoms with Crippen LogP contribution in [0.1, 0.15) is 26.3 Å². The van der Waals surface area contributed by atoms with Crippen molar-refractivity contribution in [1.29, 1.82) is 0 Å². The van der Waals surface area contributed by atoms with Crippen LogP contribution >= 0.6 is 34.2 Å². The van der Waals surface area contributed by atoms with Crippen molar-refractivity contribution in [2.24, 2.45) is 0 Å². The number of halogens is 2. The summed E-state index contributed by atoms with van der Waals surface area (Å²) in [7, 11) is 0. The lowest BCUT2D eigenvalue weighted by molar-refractivity contribution is 0.0817. The zero-order valence-electron chi connectivity index (χ0n) is 10.4. The lowest BCUT2D eigenvalue weighted by Crippen LogP contribution is -2.40. The third kappa shape index (κ3) is 1.76. The topological polar surface area (TPSA) is 34.1 Å². The Labute approximate surface area is 135 Å². The molecule has 0 radical (unpaired) electrons. The summed E-state index contributed by atoms with van der Waals surface area (Å²) >= 11 is 8.01. The number of carbonyl (C=O) groups is 2. The van der Waals surface area contributed by atoms with Gasteiger partial charge < -0.3 is 0 Å². The van der Waals surface area contributed by atoms with Gasteiger partial charge in [0.05, 0.1) is 0 Å². The Morgan fingerprint density at radius 3 is 1.85 bits per heavy atom. The summed E-state index contributed by atoms with van der Waals surface area (Å²) in [6.07, 6.45) is 0. The average Bonchev–Trinajstić information content (AvgIpc) is 2.70. The predicted octanol–water partition coefficient (Wildman–Crippen LogP) is 4.09. The molecule has 1 aliphatic rings. The number of benzene rings is 2. The second-order valence-electron chi connectivity index (χ2n) is 4.75. The number of Topliss-reactive ketones (excluding diaryl/α,β-unsaturated/α-hetero) is 2. The van der Waals surface area contributed by atoms with Gasteiger partial charge in [0.15, 0.2) is 11.6 Å². The summed E-state index contributed by atoms with van der Waals surface area (Å²) < 4.78 is 0.415. The zero-order valence-corrected chi connectivity index (χ0v) is 13.3. The maximum Gasteiger partial charge on any atom is 0.182 e. The van der Waals surface area contributed by atoms with Gasteiger partial charge in [-0.25, -0.2) is 0 Å². The molecule has 0 unspecified atom stereocenters. The lowest BCUT2D eigenvalue weighted by atomic mass is 9.78. The van der Waals surface area contributed by atoms with Crippen molar-refractivity contribution in [3.8, 4) is 0 Å². The van der Waals surface area contributed by atoms with Gasteiger partial charge in [0, 0.05) is 20.6 Å². The summed E-state index contributed by atoms with van der Waals surface area (Å²) in [5, 5.41) is 0.591. The number of alkyl halides is 1. The van der Waals surface area contributed by atoms with Crippen molar-refractivity contribution in [3.05, 3.63) is 70.2 Å². The van der Waals surface area contributed by atoms with Crippen LogP contribution in [0.15, 0.2) is 48.5 Å². The molecular formula is C16H10ClIO2. The average molecular weight is 397 g/mol. The molecule has 4 heteroatoms. The number of hydrogen-bond acceptors (Lipinski definition) is 2. The minimum Gasteiger partial charge on any atom is -0.293 e. The standard InChI is InChI=1S/C16H10ClIO2/c17-11-7-5-10(6-8-11)16(9-18)14(19)12-3-1-2-4-13(12)15(16)20/h1-8H,9H2. The van der Waals surface area contributed by atoms with E-state index < -0.39 is 5.41 Å². The molecule has 0 spiro atoms. The highest BCUT2D eigenvalue weighted by atomic mass is 127. The molecule has 20 heavy (non-hydrogen) atoms. The molecule has 0 bridgehead atoms. The van der Waals surface area contributed by atoms with Crippen molar-refractivity contribution >= 4 is 45.8 Å². The Bertz CT molecular complexity index is 672. The van der Waals surface area contributed by atoms with Crippen LogP contribution in [0.3, 0.4) is 0 Å². The molecule has 1 aliphatic carbocycles. The molecule has 0 heterocycles. The maximum absolute atomic E-state index is 12.8. The summed E-state index contributed by atoms with van der Waals surface area (Å²) in [5.41, 5.74) is 0.644. The smallest absolute Gasteiger partial charge is 0.182 e.